The molecule has 148 valence electrons. The van der Waals surface area contributed by atoms with Gasteiger partial charge in [0.05, 0.1) is 6.54 Å². The molecule has 0 amide bonds. The number of rotatable bonds is 6. The highest BCUT2D eigenvalue weighted by Gasteiger charge is 2.24. The van der Waals surface area contributed by atoms with Crippen molar-refractivity contribution in [3.8, 4) is 0 Å². The molecule has 0 heterocycles. The van der Waals surface area contributed by atoms with Gasteiger partial charge in [-0.2, -0.15) is 0 Å². The maximum atomic E-state index is 11.0. The van der Waals surface area contributed by atoms with Gasteiger partial charge < -0.3 is 5.32 Å². The topological polar surface area (TPSA) is 46.2 Å². The quantitative estimate of drug-likeness (QED) is 0.650. The van der Waals surface area contributed by atoms with Crippen molar-refractivity contribution in [3.05, 3.63) is 0 Å². The Morgan fingerprint density at radius 1 is 0.875 bits per heavy atom. The van der Waals surface area contributed by atoms with Crippen molar-refractivity contribution in [1.82, 2.24) is 5.32 Å². The predicted molar refractivity (Wildman–Crippen MR) is 110 cm³/mol. The molecule has 0 rings (SSSR count). The van der Waals surface area contributed by atoms with Gasteiger partial charge in [-0.1, -0.05) is 76.2 Å². The molecule has 0 radical (unpaired) electrons. The molecule has 0 aromatic rings. The molecule has 0 aromatic heterocycles. The summed E-state index contributed by atoms with van der Waals surface area (Å²) in [6.07, 6.45) is 0.988. The van der Waals surface area contributed by atoms with Gasteiger partial charge in [0, 0.05) is 12.0 Å². The zero-order valence-corrected chi connectivity index (χ0v) is 19.0. The normalized spacial score (nSPS) is 10.4. The Kier molecular flexibility index (Phi) is 22.2. The van der Waals surface area contributed by atoms with Crippen LogP contribution in [-0.2, 0) is 9.59 Å². The van der Waals surface area contributed by atoms with E-state index in [1.807, 2.05) is 41.5 Å². The minimum Gasteiger partial charge on any atom is -0.310 e. The monoisotopic (exact) mass is 345 g/mol. The van der Waals surface area contributed by atoms with Crippen molar-refractivity contribution < 1.29 is 9.59 Å². The van der Waals surface area contributed by atoms with E-state index in [2.05, 4.69) is 39.9 Å². The minimum atomic E-state index is -0.117. The van der Waals surface area contributed by atoms with E-state index in [1.54, 1.807) is 13.8 Å². The molecule has 1 N–H and O–H groups in total. The number of nitrogens with one attached hydrogen (secondary N) is 1. The summed E-state index contributed by atoms with van der Waals surface area (Å²) in [5.41, 5.74) is 0.156. The van der Waals surface area contributed by atoms with Gasteiger partial charge in [0.1, 0.15) is 11.6 Å². The molecule has 0 aliphatic rings. The van der Waals surface area contributed by atoms with E-state index in [0.29, 0.717) is 18.2 Å². The minimum absolute atomic E-state index is 0.117. The lowest BCUT2D eigenvalue weighted by molar-refractivity contribution is -0.125. The van der Waals surface area contributed by atoms with Gasteiger partial charge in [-0.25, -0.2) is 0 Å². The third kappa shape index (κ3) is 29.3. The van der Waals surface area contributed by atoms with Crippen LogP contribution >= 0.6 is 0 Å². The van der Waals surface area contributed by atoms with Gasteiger partial charge in [0.2, 0.25) is 0 Å². The predicted octanol–water partition coefficient (Wildman–Crippen LogP) is 5.91. The van der Waals surface area contributed by atoms with Crippen molar-refractivity contribution in [2.45, 2.75) is 96.4 Å². The van der Waals surface area contributed by atoms with Gasteiger partial charge in [-0.15, -0.1) is 0 Å². The zero-order chi connectivity index (χ0) is 20.6. The summed E-state index contributed by atoms with van der Waals surface area (Å²) in [7, 11) is 0. The molecule has 0 saturated heterocycles. The van der Waals surface area contributed by atoms with E-state index in [9.17, 15) is 9.59 Å². The molecular formula is C21H47NO2. The Morgan fingerprint density at radius 3 is 1.42 bits per heavy atom. The fraction of sp³-hybridized carbons (Fsp3) is 0.905. The Balaban J connectivity index is -0.000000138. The highest BCUT2D eigenvalue weighted by molar-refractivity contribution is 5.81. The second kappa shape index (κ2) is 17.1. The first-order valence-electron chi connectivity index (χ1n) is 9.49. The van der Waals surface area contributed by atoms with E-state index in [1.165, 1.54) is 0 Å². The van der Waals surface area contributed by atoms with Gasteiger partial charge in [0.15, 0.2) is 0 Å². The van der Waals surface area contributed by atoms with Crippen LogP contribution < -0.4 is 5.32 Å². The second-order valence-electron chi connectivity index (χ2n) is 7.90. The largest absolute Gasteiger partial charge is 0.310 e. The van der Waals surface area contributed by atoms with E-state index in [4.69, 9.17) is 0 Å². The van der Waals surface area contributed by atoms with Gasteiger partial charge in [0.25, 0.3) is 0 Å². The molecule has 0 aliphatic heterocycles. The molecule has 0 bridgehead atoms. The van der Waals surface area contributed by atoms with Crippen LogP contribution in [0.2, 0.25) is 0 Å². The average Bonchev–Trinajstić information content (AvgIpc) is 2.40. The molecule has 3 nitrogen and oxygen atoms in total. The van der Waals surface area contributed by atoms with Crippen LogP contribution in [0.4, 0.5) is 0 Å². The van der Waals surface area contributed by atoms with E-state index in [0.717, 1.165) is 13.0 Å². The van der Waals surface area contributed by atoms with Crippen LogP contribution in [0.3, 0.4) is 0 Å². The summed E-state index contributed by atoms with van der Waals surface area (Å²) in [5, 5.41) is 3.08. The molecule has 24 heavy (non-hydrogen) atoms. The van der Waals surface area contributed by atoms with E-state index in [-0.39, 0.29) is 16.6 Å². The summed E-state index contributed by atoms with van der Waals surface area (Å²) in [4.78, 5) is 21.5. The number of carbonyl (C=O) groups excluding carboxylic acids is 2. The third-order valence-corrected chi connectivity index (χ3v) is 2.90. The molecule has 0 unspecified atom stereocenters. The fourth-order valence-corrected chi connectivity index (χ4v) is 1.78. The van der Waals surface area contributed by atoms with Crippen LogP contribution in [0.15, 0.2) is 0 Å². The van der Waals surface area contributed by atoms with Crippen molar-refractivity contribution in [2.75, 3.05) is 13.1 Å². The standard InChI is InChI=1S/C9H18O.C8H17NO.2C2H6/c1-7(2)6-9(4,5)8(3)10;1-7(10)5-9-6-8(2,3)4;2*1-2/h7H,6H2,1-5H3;9H,5-6H2,1-4H3;2*1-2H3. The van der Waals surface area contributed by atoms with Crippen LogP contribution in [0.5, 0.6) is 0 Å². The second-order valence-corrected chi connectivity index (χ2v) is 7.90. The number of carbonyl (C=O) groups is 2. The van der Waals surface area contributed by atoms with Crippen LogP contribution in [-0.4, -0.2) is 24.7 Å². The van der Waals surface area contributed by atoms with Gasteiger partial charge in [-0.05, 0) is 31.6 Å². The molecule has 0 saturated carbocycles. The van der Waals surface area contributed by atoms with E-state index >= 15 is 0 Å². The SMILES string of the molecule is CC.CC.CC(=O)C(C)(C)CC(C)C.CC(=O)CNCC(C)(C)C. The molecule has 0 aromatic carbocycles. The first-order valence-corrected chi connectivity index (χ1v) is 9.49. The van der Waals surface area contributed by atoms with Crippen LogP contribution in [0, 0.1) is 16.7 Å². The number of ketones is 2. The maximum absolute atomic E-state index is 11.0. The molecular weight excluding hydrogens is 298 g/mol. The molecule has 0 atom stereocenters. The Hall–Kier alpha value is -0.700. The summed E-state index contributed by atoms with van der Waals surface area (Å²) in [6, 6.07) is 0. The lowest BCUT2D eigenvalue weighted by atomic mass is 9.81. The fourth-order valence-electron chi connectivity index (χ4n) is 1.78. The van der Waals surface area contributed by atoms with Crippen molar-refractivity contribution in [1.29, 1.82) is 0 Å². The molecule has 0 fully saturated rings. The first-order chi connectivity index (χ1) is 10.8. The van der Waals surface area contributed by atoms with Crippen LogP contribution in [0.1, 0.15) is 96.4 Å². The average molecular weight is 346 g/mol. The summed E-state index contributed by atoms with van der Waals surface area (Å²) >= 11 is 0. The third-order valence-electron chi connectivity index (χ3n) is 2.90. The molecule has 3 heteroatoms. The Morgan fingerprint density at radius 2 is 1.25 bits per heavy atom. The number of hydrogen-bond acceptors (Lipinski definition) is 3. The Bertz CT molecular complexity index is 299. The van der Waals surface area contributed by atoms with Crippen LogP contribution in [0.25, 0.3) is 0 Å². The van der Waals surface area contributed by atoms with Crippen molar-refractivity contribution >= 4 is 11.6 Å². The molecule has 0 spiro atoms. The summed E-state index contributed by atoms with van der Waals surface area (Å²) in [5.74, 6) is 1.10. The first kappa shape index (κ1) is 31.1. The Labute approximate surface area is 153 Å². The zero-order valence-electron chi connectivity index (χ0n) is 19.0. The van der Waals surface area contributed by atoms with Crippen molar-refractivity contribution in [3.63, 3.8) is 0 Å². The highest BCUT2D eigenvalue weighted by atomic mass is 16.1. The number of Topliss-reactive ketones (excluding diaryl/α,β-unsaturated/α-hetero) is 2. The maximum Gasteiger partial charge on any atom is 0.143 e. The van der Waals surface area contributed by atoms with Gasteiger partial charge >= 0.3 is 0 Å². The lowest BCUT2D eigenvalue weighted by Gasteiger charge is -2.22. The van der Waals surface area contributed by atoms with Crippen molar-refractivity contribution in [2.24, 2.45) is 16.7 Å². The molecule has 0 aliphatic carbocycles. The summed E-state index contributed by atoms with van der Waals surface area (Å²) in [6.45, 7) is 27.4. The highest BCUT2D eigenvalue weighted by Crippen LogP contribution is 2.25. The van der Waals surface area contributed by atoms with E-state index < -0.39 is 0 Å². The van der Waals surface area contributed by atoms with Gasteiger partial charge in [-0.3, -0.25) is 9.59 Å². The lowest BCUT2D eigenvalue weighted by Crippen LogP contribution is -2.30. The smallest absolute Gasteiger partial charge is 0.143 e. The summed E-state index contributed by atoms with van der Waals surface area (Å²) < 4.78 is 0. The number of hydrogen-bond donors (Lipinski definition) is 1.